The summed E-state index contributed by atoms with van der Waals surface area (Å²) in [5, 5.41) is 2.53. The van der Waals surface area contributed by atoms with Crippen LogP contribution in [0.2, 0.25) is 0 Å². The highest BCUT2D eigenvalue weighted by atomic mass is 32.2. The second kappa shape index (κ2) is 5.98. The van der Waals surface area contributed by atoms with E-state index >= 15 is 0 Å². The normalized spacial score (nSPS) is 12.8. The zero-order chi connectivity index (χ0) is 14.6. The Morgan fingerprint density at radius 3 is 2.63 bits per heavy atom. The van der Waals surface area contributed by atoms with Crippen molar-refractivity contribution in [2.45, 2.75) is 6.92 Å². The molecular formula is C11H16FN3O3S. The van der Waals surface area contributed by atoms with Gasteiger partial charge < -0.3 is 11.1 Å². The van der Waals surface area contributed by atoms with E-state index in [2.05, 4.69) is 5.32 Å². The molecule has 1 aromatic rings. The minimum absolute atomic E-state index is 0.182. The molecule has 1 atom stereocenters. The minimum atomic E-state index is -3.59. The van der Waals surface area contributed by atoms with Gasteiger partial charge in [-0.1, -0.05) is 6.92 Å². The maximum Gasteiger partial charge on any atom is 0.229 e. The van der Waals surface area contributed by atoms with Crippen molar-refractivity contribution in [3.63, 3.8) is 0 Å². The van der Waals surface area contributed by atoms with Gasteiger partial charge in [0.15, 0.2) is 0 Å². The lowest BCUT2D eigenvalue weighted by Gasteiger charge is -2.12. The molecule has 0 aliphatic heterocycles. The van der Waals surface area contributed by atoms with Gasteiger partial charge in [-0.3, -0.25) is 9.52 Å². The topological polar surface area (TPSA) is 101 Å². The maximum atomic E-state index is 13.4. The van der Waals surface area contributed by atoms with Gasteiger partial charge in [0.2, 0.25) is 15.9 Å². The summed E-state index contributed by atoms with van der Waals surface area (Å²) in [5.41, 5.74) is 5.42. The first-order valence-electron chi connectivity index (χ1n) is 5.51. The van der Waals surface area contributed by atoms with Crippen molar-refractivity contribution in [1.82, 2.24) is 0 Å². The fourth-order valence-corrected chi connectivity index (χ4v) is 1.81. The van der Waals surface area contributed by atoms with E-state index in [0.717, 1.165) is 12.3 Å². The Morgan fingerprint density at radius 1 is 1.47 bits per heavy atom. The van der Waals surface area contributed by atoms with Crippen molar-refractivity contribution in [3.05, 3.63) is 24.0 Å². The molecule has 19 heavy (non-hydrogen) atoms. The zero-order valence-corrected chi connectivity index (χ0v) is 11.4. The van der Waals surface area contributed by atoms with Crippen LogP contribution in [0, 0.1) is 11.7 Å². The Bertz CT molecular complexity index is 575. The number of benzene rings is 1. The van der Waals surface area contributed by atoms with Gasteiger partial charge in [-0.2, -0.15) is 0 Å². The Balaban J connectivity index is 2.93. The van der Waals surface area contributed by atoms with E-state index in [1.165, 1.54) is 12.1 Å². The zero-order valence-electron chi connectivity index (χ0n) is 10.6. The maximum absolute atomic E-state index is 13.4. The smallest absolute Gasteiger partial charge is 0.229 e. The third kappa shape index (κ3) is 4.84. The number of hydrogen-bond donors (Lipinski definition) is 3. The summed E-state index contributed by atoms with van der Waals surface area (Å²) in [5.74, 6) is -1.44. The second-order valence-corrected chi connectivity index (χ2v) is 5.94. The van der Waals surface area contributed by atoms with Crippen molar-refractivity contribution in [2.24, 2.45) is 11.7 Å². The predicted octanol–water partition coefficient (Wildman–Crippen LogP) is 0.731. The Morgan fingerprint density at radius 2 is 2.11 bits per heavy atom. The molecule has 0 aromatic heterocycles. The summed E-state index contributed by atoms with van der Waals surface area (Å²) in [6, 6.07) is 3.61. The minimum Gasteiger partial charge on any atom is -0.330 e. The highest BCUT2D eigenvalue weighted by molar-refractivity contribution is 7.92. The highest BCUT2D eigenvalue weighted by Gasteiger charge is 2.13. The van der Waals surface area contributed by atoms with E-state index in [-0.39, 0.29) is 23.8 Å². The lowest BCUT2D eigenvalue weighted by atomic mass is 10.1. The van der Waals surface area contributed by atoms with Crippen LogP contribution < -0.4 is 15.8 Å². The van der Waals surface area contributed by atoms with Crippen molar-refractivity contribution in [2.75, 3.05) is 22.8 Å². The van der Waals surface area contributed by atoms with Gasteiger partial charge >= 0.3 is 0 Å². The fraction of sp³-hybridized carbons (Fsp3) is 0.364. The molecule has 0 aliphatic carbocycles. The van der Waals surface area contributed by atoms with Crippen LogP contribution in [0.5, 0.6) is 0 Å². The molecule has 0 saturated carbocycles. The number of nitrogens with two attached hydrogens (primary N) is 1. The average Bonchev–Trinajstić information content (AvgIpc) is 2.30. The van der Waals surface area contributed by atoms with Crippen LogP contribution in [0.1, 0.15) is 6.92 Å². The summed E-state index contributed by atoms with van der Waals surface area (Å²) in [4.78, 5) is 11.6. The average molecular weight is 289 g/mol. The molecular weight excluding hydrogens is 273 g/mol. The molecule has 0 heterocycles. The van der Waals surface area contributed by atoms with E-state index in [0.29, 0.717) is 0 Å². The molecule has 0 aliphatic rings. The van der Waals surface area contributed by atoms with Crippen molar-refractivity contribution in [3.8, 4) is 0 Å². The molecule has 0 fully saturated rings. The first-order valence-corrected chi connectivity index (χ1v) is 7.40. The van der Waals surface area contributed by atoms with E-state index < -0.39 is 21.8 Å². The van der Waals surface area contributed by atoms with Crippen LogP contribution in [-0.2, 0) is 14.8 Å². The summed E-state index contributed by atoms with van der Waals surface area (Å²) >= 11 is 0. The van der Waals surface area contributed by atoms with Gasteiger partial charge in [0.25, 0.3) is 0 Å². The van der Waals surface area contributed by atoms with Crippen LogP contribution in [0.4, 0.5) is 15.8 Å². The number of hydrogen-bond acceptors (Lipinski definition) is 4. The molecule has 0 radical (unpaired) electrons. The molecule has 1 amide bonds. The third-order valence-corrected chi connectivity index (χ3v) is 2.92. The predicted molar refractivity (Wildman–Crippen MR) is 71.7 cm³/mol. The Kier molecular flexibility index (Phi) is 4.84. The monoisotopic (exact) mass is 289 g/mol. The quantitative estimate of drug-likeness (QED) is 0.743. The summed E-state index contributed by atoms with van der Waals surface area (Å²) < 4.78 is 37.5. The van der Waals surface area contributed by atoms with Gasteiger partial charge in [-0.25, -0.2) is 12.8 Å². The third-order valence-electron chi connectivity index (χ3n) is 2.33. The molecule has 0 saturated heterocycles. The van der Waals surface area contributed by atoms with Crippen LogP contribution in [0.15, 0.2) is 18.2 Å². The van der Waals surface area contributed by atoms with E-state index in [9.17, 15) is 17.6 Å². The number of halogens is 1. The number of amides is 1. The first kappa shape index (κ1) is 15.4. The molecule has 1 aromatic carbocycles. The second-order valence-electron chi connectivity index (χ2n) is 4.19. The van der Waals surface area contributed by atoms with E-state index in [1.807, 2.05) is 4.72 Å². The van der Waals surface area contributed by atoms with E-state index in [1.54, 1.807) is 6.92 Å². The Hall–Kier alpha value is -1.67. The van der Waals surface area contributed by atoms with Crippen LogP contribution in [-0.4, -0.2) is 27.1 Å². The van der Waals surface area contributed by atoms with Crippen molar-refractivity contribution < 1.29 is 17.6 Å². The molecule has 4 N–H and O–H groups in total. The highest BCUT2D eigenvalue weighted by Crippen LogP contribution is 2.20. The molecule has 6 nitrogen and oxygen atoms in total. The van der Waals surface area contributed by atoms with Crippen LogP contribution >= 0.6 is 0 Å². The fourth-order valence-electron chi connectivity index (χ4n) is 1.25. The lowest BCUT2D eigenvalue weighted by molar-refractivity contribution is -0.119. The van der Waals surface area contributed by atoms with Crippen LogP contribution in [0.25, 0.3) is 0 Å². The van der Waals surface area contributed by atoms with Gasteiger partial charge in [-0.05, 0) is 18.2 Å². The van der Waals surface area contributed by atoms with Gasteiger partial charge in [0.05, 0.1) is 11.9 Å². The van der Waals surface area contributed by atoms with E-state index in [4.69, 9.17) is 5.73 Å². The van der Waals surface area contributed by atoms with Crippen molar-refractivity contribution in [1.29, 1.82) is 0 Å². The summed E-state index contributed by atoms with van der Waals surface area (Å²) in [6.45, 7) is 1.83. The van der Waals surface area contributed by atoms with Crippen molar-refractivity contribution >= 4 is 27.3 Å². The molecule has 0 spiro atoms. The molecule has 8 heteroatoms. The first-order chi connectivity index (χ1) is 8.73. The number of carbonyl (C=O) groups is 1. The summed E-state index contributed by atoms with van der Waals surface area (Å²) in [7, 11) is -3.59. The molecule has 1 unspecified atom stereocenters. The van der Waals surface area contributed by atoms with Gasteiger partial charge in [-0.15, -0.1) is 0 Å². The number of anilines is 2. The van der Waals surface area contributed by atoms with Gasteiger partial charge in [0.1, 0.15) is 5.82 Å². The largest absolute Gasteiger partial charge is 0.330 e. The SMILES string of the molecule is CC(CN)C(=O)Nc1ccc(F)c(NS(C)(=O)=O)c1. The lowest BCUT2D eigenvalue weighted by Crippen LogP contribution is -2.26. The number of rotatable bonds is 5. The standard InChI is InChI=1S/C11H16FN3O3S/c1-7(6-13)11(16)14-8-3-4-9(12)10(5-8)15-19(2,17)18/h3-5,7,15H,6,13H2,1-2H3,(H,14,16). The van der Waals surface area contributed by atoms with Gasteiger partial charge in [0, 0.05) is 18.2 Å². The molecule has 0 bridgehead atoms. The molecule has 1 rings (SSSR count). The Labute approximate surface area is 111 Å². The van der Waals surface area contributed by atoms with Crippen LogP contribution in [0.3, 0.4) is 0 Å². The molecule has 106 valence electrons. The number of carbonyl (C=O) groups excluding carboxylic acids is 1. The number of nitrogens with one attached hydrogen (secondary N) is 2. The number of sulfonamides is 1. The summed E-state index contributed by atoms with van der Waals surface area (Å²) in [6.07, 6.45) is 0.911.